The molecule has 0 atom stereocenters. The van der Waals surface area contributed by atoms with Crippen LogP contribution in [0.3, 0.4) is 0 Å². The summed E-state index contributed by atoms with van der Waals surface area (Å²) >= 11 is 0. The number of nitrogens with two attached hydrogens (primary N) is 1. The van der Waals surface area contributed by atoms with Crippen molar-refractivity contribution in [2.45, 2.75) is 6.92 Å². The summed E-state index contributed by atoms with van der Waals surface area (Å²) < 4.78 is 4.94. The second kappa shape index (κ2) is 6.55. The Morgan fingerprint density at radius 2 is 2.28 bits per heavy atom. The fourth-order valence-corrected chi connectivity index (χ4v) is 1.47. The predicted molar refractivity (Wildman–Crippen MR) is 66.3 cm³/mol. The number of nitro groups is 1. The molecule has 1 aromatic carbocycles. The molecule has 0 bridgehead atoms. The van der Waals surface area contributed by atoms with E-state index >= 15 is 0 Å². The van der Waals surface area contributed by atoms with Gasteiger partial charge in [0.1, 0.15) is 12.3 Å². The number of hydrogen-bond acceptors (Lipinski definition) is 5. The number of amides is 1. The molecule has 1 rings (SSSR count). The Morgan fingerprint density at radius 3 is 2.89 bits per heavy atom. The van der Waals surface area contributed by atoms with E-state index in [4.69, 9.17) is 10.5 Å². The van der Waals surface area contributed by atoms with E-state index in [2.05, 4.69) is 5.32 Å². The molecule has 0 saturated carbocycles. The minimum Gasteiger partial charge on any atom is -0.377 e. The van der Waals surface area contributed by atoms with Crippen LogP contribution in [0.5, 0.6) is 0 Å². The van der Waals surface area contributed by atoms with Gasteiger partial charge in [-0.3, -0.25) is 14.9 Å². The summed E-state index contributed by atoms with van der Waals surface area (Å²) in [6, 6.07) is 5.03. The first kappa shape index (κ1) is 13.9. The molecule has 0 aliphatic rings. The van der Waals surface area contributed by atoms with Crippen molar-refractivity contribution < 1.29 is 14.5 Å². The Kier molecular flexibility index (Phi) is 5.06. The molecule has 1 amide bonds. The van der Waals surface area contributed by atoms with E-state index in [1.54, 1.807) is 25.1 Å². The number of nitrogens with zero attached hydrogens (tertiary/aromatic N) is 1. The van der Waals surface area contributed by atoms with E-state index < -0.39 is 10.8 Å². The highest BCUT2D eigenvalue weighted by Gasteiger charge is 2.15. The number of carbonyl (C=O) groups excluding carboxylic acids is 1. The van der Waals surface area contributed by atoms with Gasteiger partial charge in [0.15, 0.2) is 0 Å². The van der Waals surface area contributed by atoms with Crippen LogP contribution < -0.4 is 11.1 Å². The summed E-state index contributed by atoms with van der Waals surface area (Å²) in [7, 11) is 0. The summed E-state index contributed by atoms with van der Waals surface area (Å²) in [5, 5.41) is 13.8. The van der Waals surface area contributed by atoms with Crippen LogP contribution in [0.4, 0.5) is 11.4 Å². The maximum Gasteiger partial charge on any atom is 0.295 e. The van der Waals surface area contributed by atoms with Gasteiger partial charge in [0.2, 0.25) is 5.91 Å². The molecule has 0 saturated heterocycles. The fourth-order valence-electron chi connectivity index (χ4n) is 1.47. The van der Waals surface area contributed by atoms with E-state index in [1.165, 1.54) is 0 Å². The van der Waals surface area contributed by atoms with Gasteiger partial charge in [-0.25, -0.2) is 0 Å². The largest absolute Gasteiger partial charge is 0.377 e. The molecular formula is C11H15N3O4. The van der Waals surface area contributed by atoms with Gasteiger partial charge in [-0.2, -0.15) is 0 Å². The topological polar surface area (TPSA) is 107 Å². The van der Waals surface area contributed by atoms with Gasteiger partial charge >= 0.3 is 0 Å². The van der Waals surface area contributed by atoms with Crippen LogP contribution >= 0.6 is 0 Å². The average molecular weight is 253 g/mol. The molecule has 0 unspecified atom stereocenters. The van der Waals surface area contributed by atoms with E-state index in [1.807, 2.05) is 0 Å². The third kappa shape index (κ3) is 4.02. The van der Waals surface area contributed by atoms with E-state index in [0.29, 0.717) is 17.8 Å². The molecule has 7 heteroatoms. The summed E-state index contributed by atoms with van der Waals surface area (Å²) in [6.07, 6.45) is 0. The monoisotopic (exact) mass is 253 g/mol. The third-order valence-corrected chi connectivity index (χ3v) is 2.23. The second-order valence-electron chi connectivity index (χ2n) is 3.67. The zero-order valence-electron chi connectivity index (χ0n) is 10.0. The normalized spacial score (nSPS) is 10.1. The number of hydrogen-bond donors (Lipinski definition) is 2. The first-order valence-electron chi connectivity index (χ1n) is 5.36. The maximum atomic E-state index is 10.9. The highest BCUT2D eigenvalue weighted by molar-refractivity contribution is 5.75. The Balaban J connectivity index is 2.54. The van der Waals surface area contributed by atoms with E-state index in [0.717, 1.165) is 0 Å². The molecule has 3 N–H and O–H groups in total. The van der Waals surface area contributed by atoms with E-state index in [9.17, 15) is 14.9 Å². The second-order valence-corrected chi connectivity index (χ2v) is 3.67. The molecule has 1 aromatic rings. The van der Waals surface area contributed by atoms with Gasteiger partial charge < -0.3 is 15.8 Å². The van der Waals surface area contributed by atoms with Crippen LogP contribution in [0.2, 0.25) is 0 Å². The molecule has 0 aliphatic carbocycles. The molecule has 0 radical (unpaired) electrons. The zero-order chi connectivity index (χ0) is 13.5. The average Bonchev–Trinajstić information content (AvgIpc) is 2.27. The Morgan fingerprint density at radius 1 is 1.56 bits per heavy atom. The van der Waals surface area contributed by atoms with Gasteiger partial charge in [0, 0.05) is 12.1 Å². The predicted octanol–water partition coefficient (Wildman–Crippen LogP) is 0.817. The summed E-state index contributed by atoms with van der Waals surface area (Å²) in [6.45, 7) is 2.12. The lowest BCUT2D eigenvalue weighted by atomic mass is 10.1. The van der Waals surface area contributed by atoms with Crippen LogP contribution in [0.15, 0.2) is 18.2 Å². The quantitative estimate of drug-likeness (QED) is 0.425. The molecular weight excluding hydrogens is 238 g/mol. The molecule has 0 heterocycles. The number of carbonyl (C=O) groups is 1. The van der Waals surface area contributed by atoms with Gasteiger partial charge in [0.05, 0.1) is 11.5 Å². The van der Waals surface area contributed by atoms with Crippen LogP contribution in [-0.2, 0) is 9.53 Å². The SMILES string of the molecule is Cc1cccc(NCCOCC(N)=O)c1[N+](=O)[O-]. The van der Waals surface area contributed by atoms with Crippen LogP contribution in [-0.4, -0.2) is 30.6 Å². The van der Waals surface area contributed by atoms with Crippen molar-refractivity contribution in [2.24, 2.45) is 5.73 Å². The highest BCUT2D eigenvalue weighted by atomic mass is 16.6. The maximum absolute atomic E-state index is 10.9. The zero-order valence-corrected chi connectivity index (χ0v) is 10.0. The van der Waals surface area contributed by atoms with Crippen LogP contribution in [0.25, 0.3) is 0 Å². The number of anilines is 1. The number of rotatable bonds is 7. The first-order chi connectivity index (χ1) is 8.52. The number of ether oxygens (including phenoxy) is 1. The number of primary amides is 1. The minimum atomic E-state index is -0.545. The van der Waals surface area contributed by atoms with E-state index in [-0.39, 0.29) is 18.9 Å². The van der Waals surface area contributed by atoms with Crippen LogP contribution in [0, 0.1) is 17.0 Å². The van der Waals surface area contributed by atoms with Crippen molar-refractivity contribution >= 4 is 17.3 Å². The van der Waals surface area contributed by atoms with Crippen molar-refractivity contribution in [2.75, 3.05) is 25.1 Å². The standard InChI is InChI=1S/C11H15N3O4/c1-8-3-2-4-9(11(8)14(16)17)13-5-6-18-7-10(12)15/h2-4,13H,5-7H2,1H3,(H2,12,15). The van der Waals surface area contributed by atoms with Gasteiger partial charge in [0.25, 0.3) is 5.69 Å². The minimum absolute atomic E-state index is 0.0485. The lowest BCUT2D eigenvalue weighted by molar-refractivity contribution is -0.384. The Hall–Kier alpha value is -2.15. The molecule has 0 spiro atoms. The number of para-hydroxylation sites is 1. The molecule has 18 heavy (non-hydrogen) atoms. The highest BCUT2D eigenvalue weighted by Crippen LogP contribution is 2.27. The molecule has 0 aromatic heterocycles. The Labute approximate surface area is 104 Å². The van der Waals surface area contributed by atoms with Crippen LogP contribution in [0.1, 0.15) is 5.56 Å². The van der Waals surface area contributed by atoms with Crippen molar-refractivity contribution in [3.63, 3.8) is 0 Å². The number of nitro benzene ring substituents is 1. The number of benzene rings is 1. The fraction of sp³-hybridized carbons (Fsp3) is 0.364. The summed E-state index contributed by atoms with van der Waals surface area (Å²) in [5.74, 6) is -0.545. The van der Waals surface area contributed by atoms with Gasteiger partial charge in [-0.05, 0) is 13.0 Å². The van der Waals surface area contributed by atoms with Gasteiger partial charge in [-0.1, -0.05) is 12.1 Å². The summed E-state index contributed by atoms with van der Waals surface area (Å²) in [4.78, 5) is 20.9. The number of nitrogens with one attached hydrogen (secondary N) is 1. The van der Waals surface area contributed by atoms with Crippen molar-refractivity contribution in [1.29, 1.82) is 0 Å². The third-order valence-electron chi connectivity index (χ3n) is 2.23. The van der Waals surface area contributed by atoms with Crippen molar-refractivity contribution in [1.82, 2.24) is 0 Å². The molecule has 7 nitrogen and oxygen atoms in total. The molecule has 98 valence electrons. The molecule has 0 fully saturated rings. The van der Waals surface area contributed by atoms with Crippen molar-refractivity contribution in [3.8, 4) is 0 Å². The Bertz CT molecular complexity index is 448. The summed E-state index contributed by atoms with van der Waals surface area (Å²) in [5.41, 5.74) is 5.96. The first-order valence-corrected chi connectivity index (χ1v) is 5.36. The smallest absolute Gasteiger partial charge is 0.295 e. The van der Waals surface area contributed by atoms with Crippen molar-refractivity contribution in [3.05, 3.63) is 33.9 Å². The van der Waals surface area contributed by atoms with Gasteiger partial charge in [-0.15, -0.1) is 0 Å². The molecule has 0 aliphatic heterocycles. The number of aryl methyl sites for hydroxylation is 1. The lowest BCUT2D eigenvalue weighted by Crippen LogP contribution is -2.20. The lowest BCUT2D eigenvalue weighted by Gasteiger charge is -2.08.